The zero-order chi connectivity index (χ0) is 26.5. The van der Waals surface area contributed by atoms with Gasteiger partial charge in [-0.3, -0.25) is 9.48 Å². The number of alkyl halides is 3. The van der Waals surface area contributed by atoms with Gasteiger partial charge in [-0.05, 0) is 51.0 Å². The van der Waals surface area contributed by atoms with E-state index in [-0.39, 0.29) is 23.4 Å². The summed E-state index contributed by atoms with van der Waals surface area (Å²) in [5, 5.41) is 9.31. The molecule has 36 heavy (non-hydrogen) atoms. The molecule has 0 aliphatic rings. The number of ether oxygens (including phenoxy) is 1. The molecule has 192 valence electrons. The van der Waals surface area contributed by atoms with Crippen LogP contribution in [0.2, 0.25) is 0 Å². The number of carbonyl (C=O) groups excluding carboxylic acids is 2. The lowest BCUT2D eigenvalue weighted by Gasteiger charge is -2.23. The van der Waals surface area contributed by atoms with Gasteiger partial charge < -0.3 is 15.4 Å². The van der Waals surface area contributed by atoms with E-state index in [1.165, 1.54) is 29.1 Å². The molecular formula is C26H29F3N4O3. The van der Waals surface area contributed by atoms with Crippen LogP contribution < -0.4 is 10.6 Å². The number of nitrogens with one attached hydrogen (secondary N) is 2. The number of hydrogen-bond acceptors (Lipinski definition) is 4. The monoisotopic (exact) mass is 502 g/mol. The highest BCUT2D eigenvalue weighted by Crippen LogP contribution is 2.37. The minimum atomic E-state index is -4.68. The van der Waals surface area contributed by atoms with Crippen molar-refractivity contribution in [3.05, 3.63) is 77.5 Å². The molecule has 0 spiro atoms. The molecule has 10 heteroatoms. The molecule has 0 radical (unpaired) electrons. The Morgan fingerprint density at radius 2 is 1.75 bits per heavy atom. The van der Waals surface area contributed by atoms with Crippen molar-refractivity contribution in [2.75, 3.05) is 6.54 Å². The van der Waals surface area contributed by atoms with Crippen molar-refractivity contribution in [1.82, 2.24) is 20.4 Å². The highest BCUT2D eigenvalue weighted by molar-refractivity contribution is 5.95. The Balaban J connectivity index is 1.83. The molecule has 1 heterocycles. The van der Waals surface area contributed by atoms with Gasteiger partial charge in [-0.1, -0.05) is 36.4 Å². The van der Waals surface area contributed by atoms with Crippen LogP contribution in [0.5, 0.6) is 0 Å². The van der Waals surface area contributed by atoms with Crippen molar-refractivity contribution >= 4 is 12.0 Å². The Morgan fingerprint density at radius 3 is 2.33 bits per heavy atom. The minimum Gasteiger partial charge on any atom is -0.444 e. The third-order valence-corrected chi connectivity index (χ3v) is 5.24. The first-order chi connectivity index (χ1) is 16.8. The van der Waals surface area contributed by atoms with Crippen LogP contribution in [0.3, 0.4) is 0 Å². The van der Waals surface area contributed by atoms with Crippen LogP contribution in [0.15, 0.2) is 60.8 Å². The van der Waals surface area contributed by atoms with E-state index in [0.29, 0.717) is 6.42 Å². The van der Waals surface area contributed by atoms with E-state index in [9.17, 15) is 22.8 Å². The van der Waals surface area contributed by atoms with Crippen LogP contribution in [0, 0.1) is 0 Å². The Morgan fingerprint density at radius 1 is 1.06 bits per heavy atom. The number of nitrogens with zero attached hydrogens (tertiary/aromatic N) is 2. The van der Waals surface area contributed by atoms with Crippen molar-refractivity contribution < 1.29 is 27.5 Å². The number of alkyl carbamates (subject to hydrolysis) is 1. The summed E-state index contributed by atoms with van der Waals surface area (Å²) in [6, 6.07) is 13.5. The SMILES string of the molecule is Cn1nccc1-c1ccc(C(=O)NC(CNC(=O)OC(C)(C)C)Cc2ccccc2)cc1C(F)(F)F. The largest absolute Gasteiger partial charge is 0.444 e. The molecule has 7 nitrogen and oxygen atoms in total. The summed E-state index contributed by atoms with van der Waals surface area (Å²) >= 11 is 0. The van der Waals surface area contributed by atoms with Crippen LogP contribution in [0.25, 0.3) is 11.3 Å². The number of aryl methyl sites for hydroxylation is 1. The van der Waals surface area contributed by atoms with E-state index >= 15 is 0 Å². The number of halogens is 3. The van der Waals surface area contributed by atoms with Gasteiger partial charge in [-0.15, -0.1) is 0 Å². The molecule has 0 saturated carbocycles. The van der Waals surface area contributed by atoms with Gasteiger partial charge in [0, 0.05) is 30.9 Å². The van der Waals surface area contributed by atoms with Gasteiger partial charge >= 0.3 is 12.3 Å². The normalized spacial score (nSPS) is 12.6. The average molecular weight is 503 g/mol. The number of amides is 2. The second-order valence-corrected chi connectivity index (χ2v) is 9.34. The molecule has 0 aliphatic carbocycles. The lowest BCUT2D eigenvalue weighted by atomic mass is 9.99. The minimum absolute atomic E-state index is 0.0226. The van der Waals surface area contributed by atoms with Gasteiger partial charge in [0.15, 0.2) is 0 Å². The summed E-state index contributed by atoms with van der Waals surface area (Å²) in [4.78, 5) is 25.1. The molecule has 1 unspecified atom stereocenters. The van der Waals surface area contributed by atoms with Crippen molar-refractivity contribution in [3.8, 4) is 11.3 Å². The fourth-order valence-corrected chi connectivity index (χ4v) is 3.64. The van der Waals surface area contributed by atoms with Crippen LogP contribution in [0.4, 0.5) is 18.0 Å². The molecule has 2 aromatic carbocycles. The maximum absolute atomic E-state index is 13.9. The fraction of sp³-hybridized carbons (Fsp3) is 0.346. The first kappa shape index (κ1) is 26.8. The first-order valence-corrected chi connectivity index (χ1v) is 11.3. The predicted molar refractivity (Wildman–Crippen MR) is 129 cm³/mol. The van der Waals surface area contributed by atoms with Crippen LogP contribution in [-0.4, -0.2) is 40.0 Å². The summed E-state index contributed by atoms with van der Waals surface area (Å²) in [6.45, 7) is 5.20. The second-order valence-electron chi connectivity index (χ2n) is 9.34. The zero-order valence-corrected chi connectivity index (χ0v) is 20.5. The summed E-state index contributed by atoms with van der Waals surface area (Å²) in [6.07, 6.45) is -3.59. The Hall–Kier alpha value is -3.82. The van der Waals surface area contributed by atoms with E-state index in [1.807, 2.05) is 30.3 Å². The van der Waals surface area contributed by atoms with E-state index in [1.54, 1.807) is 27.8 Å². The fourth-order valence-electron chi connectivity index (χ4n) is 3.64. The molecule has 3 aromatic rings. The molecule has 1 atom stereocenters. The van der Waals surface area contributed by atoms with Crippen LogP contribution in [-0.2, 0) is 24.4 Å². The number of carbonyl (C=O) groups is 2. The first-order valence-electron chi connectivity index (χ1n) is 11.3. The number of rotatable bonds is 7. The number of hydrogen-bond donors (Lipinski definition) is 2. The Bertz CT molecular complexity index is 1200. The second kappa shape index (κ2) is 10.8. The van der Waals surface area contributed by atoms with E-state index in [4.69, 9.17) is 4.74 Å². The predicted octanol–water partition coefficient (Wildman–Crippen LogP) is 4.97. The van der Waals surface area contributed by atoms with Crippen LogP contribution in [0.1, 0.15) is 42.3 Å². The maximum atomic E-state index is 13.9. The van der Waals surface area contributed by atoms with Gasteiger partial charge in [-0.2, -0.15) is 18.3 Å². The molecule has 2 amide bonds. The maximum Gasteiger partial charge on any atom is 0.417 e. The molecule has 0 saturated heterocycles. The highest BCUT2D eigenvalue weighted by Gasteiger charge is 2.35. The quantitative estimate of drug-likeness (QED) is 0.478. The highest BCUT2D eigenvalue weighted by atomic mass is 19.4. The van der Waals surface area contributed by atoms with Gasteiger partial charge in [-0.25, -0.2) is 4.79 Å². The molecular weight excluding hydrogens is 473 g/mol. The average Bonchev–Trinajstić information content (AvgIpc) is 3.21. The molecule has 2 N–H and O–H groups in total. The third-order valence-electron chi connectivity index (χ3n) is 5.24. The summed E-state index contributed by atoms with van der Waals surface area (Å²) in [5.74, 6) is -0.691. The lowest BCUT2D eigenvalue weighted by molar-refractivity contribution is -0.137. The van der Waals surface area contributed by atoms with Crippen molar-refractivity contribution in [1.29, 1.82) is 0 Å². The topological polar surface area (TPSA) is 85.3 Å². The standard InChI is InChI=1S/C26H29F3N4O3/c1-25(2,3)36-24(35)30-16-19(14-17-8-6-5-7-9-17)32-23(34)18-10-11-20(21(15-18)26(27,28)29)22-12-13-31-33(22)4/h5-13,15,19H,14,16H2,1-4H3,(H,30,35)(H,32,34). The Labute approximate surface area is 207 Å². The zero-order valence-electron chi connectivity index (χ0n) is 20.5. The van der Waals surface area contributed by atoms with Crippen molar-refractivity contribution in [2.24, 2.45) is 7.05 Å². The van der Waals surface area contributed by atoms with Gasteiger partial charge in [0.2, 0.25) is 0 Å². The molecule has 3 rings (SSSR count). The third kappa shape index (κ3) is 7.34. The molecule has 1 aromatic heterocycles. The van der Waals surface area contributed by atoms with Crippen LogP contribution >= 0.6 is 0 Å². The van der Waals surface area contributed by atoms with E-state index in [2.05, 4.69) is 15.7 Å². The lowest BCUT2D eigenvalue weighted by Crippen LogP contribution is -2.46. The smallest absolute Gasteiger partial charge is 0.417 e. The molecule has 0 fully saturated rings. The molecule has 0 aliphatic heterocycles. The van der Waals surface area contributed by atoms with Gasteiger partial charge in [0.05, 0.1) is 17.3 Å². The number of benzene rings is 2. The summed E-state index contributed by atoms with van der Waals surface area (Å²) < 4.78 is 48.2. The van der Waals surface area contributed by atoms with Gasteiger partial charge in [0.25, 0.3) is 5.91 Å². The van der Waals surface area contributed by atoms with Crippen molar-refractivity contribution in [2.45, 2.75) is 45.0 Å². The number of aromatic nitrogens is 2. The molecule has 0 bridgehead atoms. The Kier molecular flexibility index (Phi) is 8.07. The van der Waals surface area contributed by atoms with Crippen molar-refractivity contribution in [3.63, 3.8) is 0 Å². The van der Waals surface area contributed by atoms with E-state index in [0.717, 1.165) is 11.6 Å². The summed E-state index contributed by atoms with van der Waals surface area (Å²) in [7, 11) is 1.54. The van der Waals surface area contributed by atoms with E-state index < -0.39 is 35.4 Å². The van der Waals surface area contributed by atoms with Gasteiger partial charge in [0.1, 0.15) is 5.60 Å². The summed E-state index contributed by atoms with van der Waals surface area (Å²) in [5.41, 5.74) is -0.708.